The highest BCUT2D eigenvalue weighted by atomic mass is 15.2. The van der Waals surface area contributed by atoms with Crippen LogP contribution in [0, 0.1) is 11.3 Å². The first-order valence-electron chi connectivity index (χ1n) is 4.99. The minimum Gasteiger partial charge on any atom is -0.301 e. The largest absolute Gasteiger partial charge is 0.301 e. The summed E-state index contributed by atoms with van der Waals surface area (Å²) in [6.45, 7) is 7.09. The lowest BCUT2D eigenvalue weighted by Gasteiger charge is -2.32. The van der Waals surface area contributed by atoms with Crippen LogP contribution in [0.2, 0.25) is 0 Å². The Labute approximate surface area is 75.3 Å². The third-order valence-electron chi connectivity index (χ3n) is 3.06. The second-order valence-electron chi connectivity index (χ2n) is 5.35. The SMILES string of the molecule is CN1CNC2CC2CC(C)(C)C1. The van der Waals surface area contributed by atoms with E-state index in [-0.39, 0.29) is 0 Å². The number of rotatable bonds is 0. The van der Waals surface area contributed by atoms with Crippen LogP contribution in [-0.2, 0) is 0 Å². The number of nitrogens with one attached hydrogen (secondary N) is 1. The average molecular weight is 168 g/mol. The molecule has 1 aliphatic carbocycles. The maximum absolute atomic E-state index is 3.57. The first-order valence-corrected chi connectivity index (χ1v) is 4.99. The molecule has 0 aromatic heterocycles. The van der Waals surface area contributed by atoms with Gasteiger partial charge in [-0.2, -0.15) is 0 Å². The normalized spacial score (nSPS) is 41.2. The van der Waals surface area contributed by atoms with Crippen LogP contribution < -0.4 is 5.32 Å². The van der Waals surface area contributed by atoms with Crippen molar-refractivity contribution < 1.29 is 0 Å². The van der Waals surface area contributed by atoms with Crippen molar-refractivity contribution >= 4 is 0 Å². The van der Waals surface area contributed by atoms with Gasteiger partial charge in [0.2, 0.25) is 0 Å². The maximum Gasteiger partial charge on any atom is 0.0480 e. The van der Waals surface area contributed by atoms with Crippen molar-refractivity contribution in [2.75, 3.05) is 20.3 Å². The molecule has 0 bridgehead atoms. The van der Waals surface area contributed by atoms with Gasteiger partial charge in [0.15, 0.2) is 0 Å². The van der Waals surface area contributed by atoms with Gasteiger partial charge in [0, 0.05) is 19.3 Å². The molecule has 0 aromatic rings. The summed E-state index contributed by atoms with van der Waals surface area (Å²) in [7, 11) is 2.21. The van der Waals surface area contributed by atoms with Gasteiger partial charge < -0.3 is 5.32 Å². The van der Waals surface area contributed by atoms with Gasteiger partial charge in [0.05, 0.1) is 0 Å². The standard InChI is InChI=1S/C10H20N2/c1-10(2)5-8-4-9(8)11-7-12(3)6-10/h8-9,11H,4-7H2,1-3H3. The first-order chi connectivity index (χ1) is 5.57. The molecule has 70 valence electrons. The van der Waals surface area contributed by atoms with E-state index >= 15 is 0 Å². The van der Waals surface area contributed by atoms with Gasteiger partial charge in [-0.1, -0.05) is 13.8 Å². The summed E-state index contributed by atoms with van der Waals surface area (Å²) in [6.07, 6.45) is 2.81. The summed E-state index contributed by atoms with van der Waals surface area (Å²) in [4.78, 5) is 2.40. The summed E-state index contributed by atoms with van der Waals surface area (Å²) >= 11 is 0. The Hall–Kier alpha value is -0.0800. The van der Waals surface area contributed by atoms with Gasteiger partial charge in [-0.15, -0.1) is 0 Å². The van der Waals surface area contributed by atoms with Crippen molar-refractivity contribution in [1.82, 2.24) is 10.2 Å². The summed E-state index contributed by atoms with van der Waals surface area (Å²) in [5, 5.41) is 3.57. The molecule has 1 saturated carbocycles. The number of hydrogen-bond donors (Lipinski definition) is 1. The Bertz CT molecular complexity index is 173. The van der Waals surface area contributed by atoms with Gasteiger partial charge in [0.1, 0.15) is 0 Å². The zero-order valence-corrected chi connectivity index (χ0v) is 8.43. The van der Waals surface area contributed by atoms with Crippen LogP contribution in [0.5, 0.6) is 0 Å². The number of hydrogen-bond acceptors (Lipinski definition) is 2. The van der Waals surface area contributed by atoms with Gasteiger partial charge in [-0.05, 0) is 31.2 Å². The maximum atomic E-state index is 3.57. The molecule has 2 fully saturated rings. The molecule has 2 nitrogen and oxygen atoms in total. The zero-order chi connectivity index (χ0) is 8.77. The quantitative estimate of drug-likeness (QED) is 0.586. The fourth-order valence-electron chi connectivity index (χ4n) is 2.56. The van der Waals surface area contributed by atoms with E-state index in [1.807, 2.05) is 0 Å². The van der Waals surface area contributed by atoms with E-state index < -0.39 is 0 Å². The average Bonchev–Trinajstić information content (AvgIpc) is 2.58. The van der Waals surface area contributed by atoms with Crippen LogP contribution in [0.25, 0.3) is 0 Å². The summed E-state index contributed by atoms with van der Waals surface area (Å²) in [5.74, 6) is 0.980. The monoisotopic (exact) mass is 168 g/mol. The van der Waals surface area contributed by atoms with E-state index in [4.69, 9.17) is 0 Å². The van der Waals surface area contributed by atoms with Crippen LogP contribution in [0.15, 0.2) is 0 Å². The minimum atomic E-state index is 0.524. The Kier molecular flexibility index (Phi) is 1.92. The predicted molar refractivity (Wildman–Crippen MR) is 50.9 cm³/mol. The van der Waals surface area contributed by atoms with E-state index in [1.54, 1.807) is 0 Å². The minimum absolute atomic E-state index is 0.524. The summed E-state index contributed by atoms with van der Waals surface area (Å²) in [6, 6.07) is 0.840. The lowest BCUT2D eigenvalue weighted by Crippen LogP contribution is -2.41. The Balaban J connectivity index is 1.99. The van der Waals surface area contributed by atoms with Gasteiger partial charge >= 0.3 is 0 Å². The molecular formula is C10H20N2. The molecule has 1 heterocycles. The van der Waals surface area contributed by atoms with E-state index in [0.717, 1.165) is 18.6 Å². The Morgan fingerprint density at radius 1 is 1.42 bits per heavy atom. The highest BCUT2D eigenvalue weighted by Gasteiger charge is 2.42. The molecule has 0 aromatic carbocycles. The molecule has 1 N–H and O–H groups in total. The van der Waals surface area contributed by atoms with Crippen molar-refractivity contribution in [1.29, 1.82) is 0 Å². The van der Waals surface area contributed by atoms with Crippen LogP contribution in [0.4, 0.5) is 0 Å². The van der Waals surface area contributed by atoms with Gasteiger partial charge in [-0.25, -0.2) is 0 Å². The smallest absolute Gasteiger partial charge is 0.0480 e. The fraction of sp³-hybridized carbons (Fsp3) is 1.00. The topological polar surface area (TPSA) is 15.3 Å². The second kappa shape index (κ2) is 2.71. The van der Waals surface area contributed by atoms with Crippen molar-refractivity contribution in [2.24, 2.45) is 11.3 Å². The van der Waals surface area contributed by atoms with E-state index in [0.29, 0.717) is 5.41 Å². The number of fused-ring (bicyclic) bond motifs is 1. The van der Waals surface area contributed by atoms with Crippen molar-refractivity contribution in [2.45, 2.75) is 32.7 Å². The molecule has 2 unspecified atom stereocenters. The molecule has 2 atom stereocenters. The predicted octanol–water partition coefficient (Wildman–Crippen LogP) is 1.28. The molecule has 2 heteroatoms. The van der Waals surface area contributed by atoms with Crippen molar-refractivity contribution in [3.05, 3.63) is 0 Å². The lowest BCUT2D eigenvalue weighted by molar-refractivity contribution is 0.163. The Morgan fingerprint density at radius 2 is 2.17 bits per heavy atom. The molecular weight excluding hydrogens is 148 g/mol. The fourth-order valence-corrected chi connectivity index (χ4v) is 2.56. The second-order valence-corrected chi connectivity index (χ2v) is 5.35. The molecule has 0 amide bonds. The van der Waals surface area contributed by atoms with E-state index in [9.17, 15) is 0 Å². The van der Waals surface area contributed by atoms with Gasteiger partial charge in [0.25, 0.3) is 0 Å². The Morgan fingerprint density at radius 3 is 2.92 bits per heavy atom. The highest BCUT2D eigenvalue weighted by Crippen LogP contribution is 2.41. The molecule has 0 radical (unpaired) electrons. The molecule has 12 heavy (non-hydrogen) atoms. The lowest BCUT2D eigenvalue weighted by atomic mass is 9.86. The number of nitrogens with zero attached hydrogens (tertiary/aromatic N) is 1. The van der Waals surface area contributed by atoms with E-state index in [1.165, 1.54) is 19.4 Å². The van der Waals surface area contributed by atoms with Crippen LogP contribution in [0.3, 0.4) is 0 Å². The molecule has 2 rings (SSSR count). The highest BCUT2D eigenvalue weighted by molar-refractivity contribution is 4.97. The molecule has 1 saturated heterocycles. The van der Waals surface area contributed by atoms with Crippen LogP contribution in [0.1, 0.15) is 26.7 Å². The molecule has 1 aliphatic heterocycles. The van der Waals surface area contributed by atoms with Crippen LogP contribution in [-0.4, -0.2) is 31.2 Å². The van der Waals surface area contributed by atoms with Crippen LogP contribution >= 0.6 is 0 Å². The van der Waals surface area contributed by atoms with E-state index in [2.05, 4.69) is 31.1 Å². The zero-order valence-electron chi connectivity index (χ0n) is 8.43. The third kappa shape index (κ3) is 1.80. The van der Waals surface area contributed by atoms with Gasteiger partial charge in [-0.3, -0.25) is 4.90 Å². The van der Waals surface area contributed by atoms with Crippen molar-refractivity contribution in [3.8, 4) is 0 Å². The van der Waals surface area contributed by atoms with Crippen molar-refractivity contribution in [3.63, 3.8) is 0 Å². The summed E-state index contributed by atoms with van der Waals surface area (Å²) in [5.41, 5.74) is 0.524. The third-order valence-corrected chi connectivity index (χ3v) is 3.06. The summed E-state index contributed by atoms with van der Waals surface area (Å²) < 4.78 is 0. The first kappa shape index (κ1) is 8.52. The molecule has 2 aliphatic rings. The molecule has 0 spiro atoms.